The minimum absolute atomic E-state index is 0.154. The van der Waals surface area contributed by atoms with Crippen molar-refractivity contribution in [2.45, 2.75) is 12.8 Å². The highest BCUT2D eigenvalue weighted by Crippen LogP contribution is 2.41. The number of rotatable bonds is 4. The Kier molecular flexibility index (Phi) is 3.56. The van der Waals surface area contributed by atoms with Crippen molar-refractivity contribution in [2.75, 3.05) is 13.2 Å². The summed E-state index contributed by atoms with van der Waals surface area (Å²) in [7, 11) is 0. The molecule has 5 aromatic rings. The van der Waals surface area contributed by atoms with E-state index in [9.17, 15) is 10.2 Å². The molecule has 5 rings (SSSR count). The summed E-state index contributed by atoms with van der Waals surface area (Å²) in [4.78, 5) is 0. The quantitative estimate of drug-likeness (QED) is 0.364. The third-order valence-electron chi connectivity index (χ3n) is 5.45. The molecule has 0 aliphatic heterocycles. The number of aliphatic hydroxyl groups is 2. The molecule has 0 saturated carbocycles. The van der Waals surface area contributed by atoms with Crippen molar-refractivity contribution in [1.82, 2.24) is 0 Å². The van der Waals surface area contributed by atoms with E-state index in [1.165, 1.54) is 43.1 Å². The molecule has 26 heavy (non-hydrogen) atoms. The van der Waals surface area contributed by atoms with Crippen molar-refractivity contribution in [3.8, 4) is 0 Å². The molecule has 0 unspecified atom stereocenters. The standard InChI is InChI=1S/C24H20O2/c25-9-7-15-11-17-3-1-5-19-20-6-2-4-18-12-16(8-10-26)14-22(24(18)20)21(13-15)23(17)19/h1-6,11-14,25-26H,7-10H2. The molecule has 0 aromatic heterocycles. The Labute approximate surface area is 151 Å². The van der Waals surface area contributed by atoms with Crippen LogP contribution in [0.15, 0.2) is 60.7 Å². The van der Waals surface area contributed by atoms with Gasteiger partial charge in [-0.2, -0.15) is 0 Å². The summed E-state index contributed by atoms with van der Waals surface area (Å²) in [6.07, 6.45) is 1.32. The van der Waals surface area contributed by atoms with Crippen LogP contribution in [0.3, 0.4) is 0 Å². The van der Waals surface area contributed by atoms with Crippen LogP contribution in [-0.2, 0) is 12.8 Å². The molecule has 2 nitrogen and oxygen atoms in total. The highest BCUT2D eigenvalue weighted by molar-refractivity contribution is 6.33. The lowest BCUT2D eigenvalue weighted by Crippen LogP contribution is -1.95. The van der Waals surface area contributed by atoms with Gasteiger partial charge in [-0.25, -0.2) is 0 Å². The molecular formula is C24H20O2. The first-order chi connectivity index (χ1) is 12.8. The van der Waals surface area contributed by atoms with E-state index in [4.69, 9.17) is 0 Å². The minimum Gasteiger partial charge on any atom is -0.396 e. The van der Waals surface area contributed by atoms with Gasteiger partial charge in [0.2, 0.25) is 0 Å². The summed E-state index contributed by atoms with van der Waals surface area (Å²) in [6.45, 7) is 0.308. The van der Waals surface area contributed by atoms with Crippen LogP contribution >= 0.6 is 0 Å². The van der Waals surface area contributed by atoms with E-state index in [-0.39, 0.29) is 13.2 Å². The third-order valence-corrected chi connectivity index (χ3v) is 5.45. The van der Waals surface area contributed by atoms with Gasteiger partial charge >= 0.3 is 0 Å². The van der Waals surface area contributed by atoms with Gasteiger partial charge in [-0.1, -0.05) is 60.7 Å². The van der Waals surface area contributed by atoms with E-state index >= 15 is 0 Å². The first-order valence-electron chi connectivity index (χ1n) is 9.14. The van der Waals surface area contributed by atoms with Crippen molar-refractivity contribution < 1.29 is 10.2 Å². The lowest BCUT2D eigenvalue weighted by Gasteiger charge is -2.16. The van der Waals surface area contributed by atoms with Crippen molar-refractivity contribution in [2.24, 2.45) is 0 Å². The van der Waals surface area contributed by atoms with Crippen LogP contribution in [0.25, 0.3) is 43.1 Å². The highest BCUT2D eigenvalue weighted by Gasteiger charge is 2.14. The fourth-order valence-corrected chi connectivity index (χ4v) is 4.40. The van der Waals surface area contributed by atoms with Crippen LogP contribution < -0.4 is 0 Å². The fraction of sp³-hybridized carbons (Fsp3) is 0.167. The molecule has 0 saturated heterocycles. The average Bonchev–Trinajstić information content (AvgIpc) is 2.66. The average molecular weight is 340 g/mol. The molecule has 0 spiro atoms. The zero-order chi connectivity index (χ0) is 17.7. The Morgan fingerprint density at radius 3 is 1.42 bits per heavy atom. The molecule has 2 N–H and O–H groups in total. The van der Waals surface area contributed by atoms with Gasteiger partial charge in [-0.3, -0.25) is 0 Å². The summed E-state index contributed by atoms with van der Waals surface area (Å²) >= 11 is 0. The van der Waals surface area contributed by atoms with E-state index < -0.39 is 0 Å². The Morgan fingerprint density at radius 2 is 1.00 bits per heavy atom. The molecular weight excluding hydrogens is 320 g/mol. The Hall–Kier alpha value is -2.68. The van der Waals surface area contributed by atoms with Crippen LogP contribution in [0, 0.1) is 0 Å². The van der Waals surface area contributed by atoms with E-state index in [2.05, 4.69) is 60.7 Å². The molecule has 0 aliphatic rings. The second kappa shape index (κ2) is 5.94. The monoisotopic (exact) mass is 340 g/mol. The molecule has 0 aliphatic carbocycles. The molecule has 0 amide bonds. The Bertz CT molecular complexity index is 1150. The number of hydrogen-bond donors (Lipinski definition) is 2. The largest absolute Gasteiger partial charge is 0.396 e. The normalized spacial score (nSPS) is 12.1. The van der Waals surface area contributed by atoms with Crippen molar-refractivity contribution in [3.63, 3.8) is 0 Å². The first-order valence-corrected chi connectivity index (χ1v) is 9.14. The fourth-order valence-electron chi connectivity index (χ4n) is 4.40. The van der Waals surface area contributed by atoms with Crippen molar-refractivity contribution >= 4 is 43.1 Å². The molecule has 0 radical (unpaired) electrons. The van der Waals surface area contributed by atoms with Crippen LogP contribution in [0.4, 0.5) is 0 Å². The molecule has 128 valence electrons. The second-order valence-electron chi connectivity index (χ2n) is 7.04. The van der Waals surface area contributed by atoms with Gasteiger partial charge in [-0.05, 0) is 67.1 Å². The van der Waals surface area contributed by atoms with Gasteiger partial charge < -0.3 is 10.2 Å². The molecule has 0 heterocycles. The van der Waals surface area contributed by atoms with E-state index in [1.807, 2.05) is 0 Å². The Balaban J connectivity index is 2.05. The van der Waals surface area contributed by atoms with Gasteiger partial charge in [0.25, 0.3) is 0 Å². The smallest absolute Gasteiger partial charge is 0.0471 e. The zero-order valence-electron chi connectivity index (χ0n) is 14.5. The Morgan fingerprint density at radius 1 is 0.538 bits per heavy atom. The first kappa shape index (κ1) is 15.6. The number of fused-ring (bicyclic) bond motifs is 2. The molecule has 5 aromatic carbocycles. The van der Waals surface area contributed by atoms with Gasteiger partial charge in [0.15, 0.2) is 0 Å². The number of benzene rings is 5. The molecule has 0 atom stereocenters. The highest BCUT2D eigenvalue weighted by atomic mass is 16.3. The summed E-state index contributed by atoms with van der Waals surface area (Å²) in [5.41, 5.74) is 2.32. The zero-order valence-corrected chi connectivity index (χ0v) is 14.5. The third kappa shape index (κ3) is 2.20. The lowest BCUT2D eigenvalue weighted by atomic mass is 9.87. The van der Waals surface area contributed by atoms with Crippen LogP contribution in [0.5, 0.6) is 0 Å². The topological polar surface area (TPSA) is 40.5 Å². The molecule has 0 bridgehead atoms. The predicted molar refractivity (Wildman–Crippen MR) is 109 cm³/mol. The van der Waals surface area contributed by atoms with Gasteiger partial charge in [-0.15, -0.1) is 0 Å². The SMILES string of the molecule is OCCc1cc2cccc3c4cccc5cc(CCO)cc(c(c1)c23)c54. The van der Waals surface area contributed by atoms with Crippen molar-refractivity contribution in [1.29, 1.82) is 0 Å². The minimum atomic E-state index is 0.154. The van der Waals surface area contributed by atoms with Gasteiger partial charge in [0.05, 0.1) is 0 Å². The van der Waals surface area contributed by atoms with E-state index in [0.29, 0.717) is 12.8 Å². The van der Waals surface area contributed by atoms with E-state index in [1.54, 1.807) is 0 Å². The van der Waals surface area contributed by atoms with Crippen LogP contribution in [-0.4, -0.2) is 23.4 Å². The summed E-state index contributed by atoms with van der Waals surface area (Å²) in [5, 5.41) is 28.9. The van der Waals surface area contributed by atoms with Crippen LogP contribution in [0.1, 0.15) is 11.1 Å². The van der Waals surface area contributed by atoms with Gasteiger partial charge in [0, 0.05) is 13.2 Å². The summed E-state index contributed by atoms with van der Waals surface area (Å²) < 4.78 is 0. The maximum atomic E-state index is 9.42. The summed E-state index contributed by atoms with van der Waals surface area (Å²) in [5.74, 6) is 0. The maximum Gasteiger partial charge on any atom is 0.0471 e. The van der Waals surface area contributed by atoms with Gasteiger partial charge in [0.1, 0.15) is 0 Å². The number of hydrogen-bond acceptors (Lipinski definition) is 2. The van der Waals surface area contributed by atoms with Crippen LogP contribution in [0.2, 0.25) is 0 Å². The number of aliphatic hydroxyl groups excluding tert-OH is 2. The molecule has 2 heteroatoms. The predicted octanol–water partition coefficient (Wildman–Crippen LogP) is 4.81. The maximum absolute atomic E-state index is 9.42. The van der Waals surface area contributed by atoms with Crippen molar-refractivity contribution in [3.05, 3.63) is 71.8 Å². The van der Waals surface area contributed by atoms with E-state index in [0.717, 1.165) is 11.1 Å². The lowest BCUT2D eigenvalue weighted by molar-refractivity contribution is 0.299. The second-order valence-corrected chi connectivity index (χ2v) is 7.04. The molecule has 0 fully saturated rings. The summed E-state index contributed by atoms with van der Waals surface area (Å²) in [6, 6.07) is 21.8.